The second-order valence-electron chi connectivity index (χ2n) is 4.45. The normalized spacial score (nSPS) is 10.1. The lowest BCUT2D eigenvalue weighted by atomic mass is 10.2. The third-order valence-electron chi connectivity index (χ3n) is 2.82. The molecule has 0 saturated heterocycles. The van der Waals surface area contributed by atoms with Gasteiger partial charge >= 0.3 is 0 Å². The van der Waals surface area contributed by atoms with E-state index in [2.05, 4.69) is 15.6 Å². The number of carbonyl (C=O) groups is 2. The molecule has 2 amide bonds. The number of amides is 2. The summed E-state index contributed by atoms with van der Waals surface area (Å²) < 4.78 is 0. The highest BCUT2D eigenvalue weighted by molar-refractivity contribution is 5.95. The number of hydrogen-bond acceptors (Lipinski definition) is 4. The SMILES string of the molecule is NC(=O)c1ccc(NC(=O)CNCc2ccncc2)cc1. The number of anilines is 1. The predicted molar refractivity (Wildman–Crippen MR) is 79.5 cm³/mol. The monoisotopic (exact) mass is 284 g/mol. The zero-order chi connectivity index (χ0) is 15.1. The largest absolute Gasteiger partial charge is 0.366 e. The van der Waals surface area contributed by atoms with Gasteiger partial charge in [-0.25, -0.2) is 0 Å². The van der Waals surface area contributed by atoms with E-state index < -0.39 is 5.91 Å². The van der Waals surface area contributed by atoms with Crippen molar-refractivity contribution < 1.29 is 9.59 Å². The maximum absolute atomic E-state index is 11.7. The topological polar surface area (TPSA) is 97.1 Å². The number of benzene rings is 1. The fourth-order valence-corrected chi connectivity index (χ4v) is 1.74. The number of carbonyl (C=O) groups excluding carboxylic acids is 2. The standard InChI is InChI=1S/C15H16N4O2/c16-15(21)12-1-3-13(4-2-12)19-14(20)10-18-9-11-5-7-17-8-6-11/h1-8,18H,9-10H2,(H2,16,21)(H,19,20). The van der Waals surface area contributed by atoms with Gasteiger partial charge in [0, 0.05) is 30.2 Å². The highest BCUT2D eigenvalue weighted by Gasteiger charge is 2.03. The molecule has 0 aliphatic carbocycles. The van der Waals surface area contributed by atoms with Gasteiger partial charge in [0.15, 0.2) is 0 Å². The van der Waals surface area contributed by atoms with Gasteiger partial charge in [-0.15, -0.1) is 0 Å². The molecule has 0 bridgehead atoms. The summed E-state index contributed by atoms with van der Waals surface area (Å²) in [5.74, 6) is -0.650. The number of aromatic nitrogens is 1. The van der Waals surface area contributed by atoms with Crippen LogP contribution in [0.2, 0.25) is 0 Å². The average molecular weight is 284 g/mol. The highest BCUT2D eigenvalue weighted by atomic mass is 16.2. The van der Waals surface area contributed by atoms with Crippen LogP contribution in [0, 0.1) is 0 Å². The van der Waals surface area contributed by atoms with Crippen LogP contribution in [0.1, 0.15) is 15.9 Å². The van der Waals surface area contributed by atoms with Gasteiger partial charge in [-0.05, 0) is 42.0 Å². The van der Waals surface area contributed by atoms with E-state index in [-0.39, 0.29) is 12.5 Å². The minimum atomic E-state index is -0.494. The Hall–Kier alpha value is -2.73. The first-order chi connectivity index (χ1) is 10.1. The minimum Gasteiger partial charge on any atom is -0.366 e. The van der Waals surface area contributed by atoms with Crippen LogP contribution in [0.15, 0.2) is 48.8 Å². The average Bonchev–Trinajstić information content (AvgIpc) is 2.49. The zero-order valence-electron chi connectivity index (χ0n) is 11.4. The first kappa shape index (κ1) is 14.7. The number of rotatable bonds is 6. The Morgan fingerprint density at radius 2 is 1.71 bits per heavy atom. The molecule has 2 rings (SSSR count). The second-order valence-corrected chi connectivity index (χ2v) is 4.45. The molecule has 6 nitrogen and oxygen atoms in total. The molecule has 1 aromatic heterocycles. The Balaban J connectivity index is 1.78. The molecule has 0 aliphatic heterocycles. The van der Waals surface area contributed by atoms with Gasteiger partial charge in [-0.2, -0.15) is 0 Å². The van der Waals surface area contributed by atoms with Crippen LogP contribution in [0.3, 0.4) is 0 Å². The van der Waals surface area contributed by atoms with Crippen molar-refractivity contribution in [2.75, 3.05) is 11.9 Å². The molecule has 4 N–H and O–H groups in total. The molecule has 0 unspecified atom stereocenters. The Kier molecular flexibility index (Phi) is 5.00. The van der Waals surface area contributed by atoms with Crippen molar-refractivity contribution in [3.8, 4) is 0 Å². The Labute approximate surface area is 122 Å². The lowest BCUT2D eigenvalue weighted by Gasteiger charge is -2.07. The smallest absolute Gasteiger partial charge is 0.248 e. The van der Waals surface area contributed by atoms with Crippen LogP contribution in [-0.4, -0.2) is 23.3 Å². The van der Waals surface area contributed by atoms with E-state index in [0.717, 1.165) is 5.56 Å². The number of nitrogens with two attached hydrogens (primary N) is 1. The molecule has 0 fully saturated rings. The summed E-state index contributed by atoms with van der Waals surface area (Å²) >= 11 is 0. The number of hydrogen-bond donors (Lipinski definition) is 3. The van der Waals surface area contributed by atoms with E-state index in [1.54, 1.807) is 36.7 Å². The fourth-order valence-electron chi connectivity index (χ4n) is 1.74. The van der Waals surface area contributed by atoms with Crippen LogP contribution in [0.5, 0.6) is 0 Å². The molecule has 0 spiro atoms. The number of nitrogens with one attached hydrogen (secondary N) is 2. The van der Waals surface area contributed by atoms with E-state index in [0.29, 0.717) is 17.8 Å². The fraction of sp³-hybridized carbons (Fsp3) is 0.133. The molecule has 0 saturated carbocycles. The van der Waals surface area contributed by atoms with Crippen molar-refractivity contribution in [1.29, 1.82) is 0 Å². The summed E-state index contributed by atoms with van der Waals surface area (Å²) in [4.78, 5) is 26.6. The summed E-state index contributed by atoms with van der Waals surface area (Å²) in [6.07, 6.45) is 3.41. The Morgan fingerprint density at radius 3 is 2.33 bits per heavy atom. The first-order valence-electron chi connectivity index (χ1n) is 6.44. The van der Waals surface area contributed by atoms with Gasteiger partial charge in [0.2, 0.25) is 11.8 Å². The van der Waals surface area contributed by atoms with Gasteiger partial charge in [0.1, 0.15) is 0 Å². The zero-order valence-corrected chi connectivity index (χ0v) is 11.4. The van der Waals surface area contributed by atoms with Gasteiger partial charge < -0.3 is 16.4 Å². The van der Waals surface area contributed by atoms with E-state index in [9.17, 15) is 9.59 Å². The summed E-state index contributed by atoms with van der Waals surface area (Å²) in [5.41, 5.74) is 7.23. The molecule has 0 radical (unpaired) electrons. The van der Waals surface area contributed by atoms with Crippen LogP contribution in [-0.2, 0) is 11.3 Å². The van der Waals surface area contributed by atoms with Crippen molar-refractivity contribution in [3.63, 3.8) is 0 Å². The van der Waals surface area contributed by atoms with E-state index in [1.165, 1.54) is 0 Å². The van der Waals surface area contributed by atoms with Crippen molar-refractivity contribution in [2.24, 2.45) is 5.73 Å². The van der Waals surface area contributed by atoms with Crippen molar-refractivity contribution >= 4 is 17.5 Å². The Bertz CT molecular complexity index is 611. The molecular formula is C15H16N4O2. The van der Waals surface area contributed by atoms with Crippen molar-refractivity contribution in [1.82, 2.24) is 10.3 Å². The molecule has 2 aromatic rings. The summed E-state index contributed by atoms with van der Waals surface area (Å²) in [5, 5.41) is 5.77. The van der Waals surface area contributed by atoms with Gasteiger partial charge in [-0.1, -0.05) is 0 Å². The molecule has 21 heavy (non-hydrogen) atoms. The maximum atomic E-state index is 11.7. The van der Waals surface area contributed by atoms with Gasteiger partial charge in [-0.3, -0.25) is 14.6 Å². The van der Waals surface area contributed by atoms with Gasteiger partial charge in [0.05, 0.1) is 6.54 Å². The summed E-state index contributed by atoms with van der Waals surface area (Å²) in [6, 6.07) is 10.2. The Morgan fingerprint density at radius 1 is 1.05 bits per heavy atom. The third kappa shape index (κ3) is 4.70. The molecular weight excluding hydrogens is 268 g/mol. The quantitative estimate of drug-likeness (QED) is 0.734. The number of primary amides is 1. The molecule has 108 valence electrons. The highest BCUT2D eigenvalue weighted by Crippen LogP contribution is 2.08. The molecule has 6 heteroatoms. The minimum absolute atomic E-state index is 0.157. The van der Waals surface area contributed by atoms with Crippen LogP contribution in [0.4, 0.5) is 5.69 Å². The third-order valence-corrected chi connectivity index (χ3v) is 2.82. The predicted octanol–water partition coefficient (Wildman–Crippen LogP) is 0.909. The second kappa shape index (κ2) is 7.16. The summed E-state index contributed by atoms with van der Waals surface area (Å²) in [7, 11) is 0. The van der Waals surface area contributed by atoms with Crippen molar-refractivity contribution in [2.45, 2.75) is 6.54 Å². The van der Waals surface area contributed by atoms with E-state index in [1.807, 2.05) is 12.1 Å². The molecule has 0 atom stereocenters. The molecule has 1 heterocycles. The number of nitrogens with zero attached hydrogens (tertiary/aromatic N) is 1. The van der Waals surface area contributed by atoms with Crippen LogP contribution in [0.25, 0.3) is 0 Å². The van der Waals surface area contributed by atoms with Crippen LogP contribution >= 0.6 is 0 Å². The lowest BCUT2D eigenvalue weighted by molar-refractivity contribution is -0.115. The maximum Gasteiger partial charge on any atom is 0.248 e. The first-order valence-corrected chi connectivity index (χ1v) is 6.44. The van der Waals surface area contributed by atoms with E-state index >= 15 is 0 Å². The van der Waals surface area contributed by atoms with Gasteiger partial charge in [0.25, 0.3) is 0 Å². The number of pyridine rings is 1. The summed E-state index contributed by atoms with van der Waals surface area (Å²) in [6.45, 7) is 0.788. The lowest BCUT2D eigenvalue weighted by Crippen LogP contribution is -2.27. The molecule has 1 aromatic carbocycles. The molecule has 0 aliphatic rings. The van der Waals surface area contributed by atoms with E-state index in [4.69, 9.17) is 5.73 Å². The van der Waals surface area contributed by atoms with Crippen molar-refractivity contribution in [3.05, 3.63) is 59.9 Å². The van der Waals surface area contributed by atoms with Crippen LogP contribution < -0.4 is 16.4 Å².